The Morgan fingerprint density at radius 3 is 2.54 bits per heavy atom. The maximum Gasteiger partial charge on any atom is 0.333 e. The van der Waals surface area contributed by atoms with Crippen LogP contribution in [0.5, 0.6) is 0 Å². The lowest BCUT2D eigenvalue weighted by atomic mass is 10.1. The summed E-state index contributed by atoms with van der Waals surface area (Å²) in [6, 6.07) is 8.69. The number of piperazine rings is 1. The summed E-state index contributed by atoms with van der Waals surface area (Å²) in [5.41, 5.74) is 3.05. The van der Waals surface area contributed by atoms with Crippen molar-refractivity contribution in [3.8, 4) is 0 Å². The number of carbonyl (C=O) groups is 2. The lowest BCUT2D eigenvalue weighted by Crippen LogP contribution is -2.49. The van der Waals surface area contributed by atoms with Crippen molar-refractivity contribution in [2.75, 3.05) is 31.1 Å². The summed E-state index contributed by atoms with van der Waals surface area (Å²) in [5.74, 6) is -1.12. The van der Waals surface area contributed by atoms with Gasteiger partial charge in [0.25, 0.3) is 11.8 Å². The topological polar surface area (TPSA) is 90.7 Å². The number of hydroxylamine groups is 1. The maximum absolute atomic E-state index is 12.9. The molecule has 1 aliphatic heterocycles. The molecule has 8 nitrogen and oxygen atoms in total. The van der Waals surface area contributed by atoms with Crippen LogP contribution in [-0.2, 0) is 4.79 Å². The number of alkyl halides is 2. The number of benzene rings is 1. The summed E-state index contributed by atoms with van der Waals surface area (Å²) in [5, 5.41) is 12.1. The van der Waals surface area contributed by atoms with Crippen LogP contribution in [0.4, 0.5) is 14.5 Å². The highest BCUT2D eigenvalue weighted by Gasteiger charge is 2.26. The molecule has 2 N–H and O–H groups in total. The van der Waals surface area contributed by atoms with E-state index in [4.69, 9.17) is 5.21 Å². The van der Waals surface area contributed by atoms with E-state index in [1.54, 1.807) is 6.08 Å². The highest BCUT2D eigenvalue weighted by molar-refractivity contribution is 5.93. The van der Waals surface area contributed by atoms with Crippen LogP contribution in [-0.4, -0.2) is 57.9 Å². The first-order chi connectivity index (χ1) is 13.5. The third-order valence-electron chi connectivity index (χ3n) is 4.44. The molecule has 0 saturated carbocycles. The van der Waals surface area contributed by atoms with Crippen molar-refractivity contribution in [1.82, 2.24) is 20.2 Å². The van der Waals surface area contributed by atoms with Crippen LogP contribution in [0.2, 0.25) is 0 Å². The molecule has 3 rings (SSSR count). The van der Waals surface area contributed by atoms with Crippen molar-refractivity contribution in [1.29, 1.82) is 0 Å². The molecule has 2 amide bonds. The van der Waals surface area contributed by atoms with Crippen LogP contribution in [0, 0.1) is 0 Å². The first kappa shape index (κ1) is 19.5. The van der Waals surface area contributed by atoms with Crippen molar-refractivity contribution < 1.29 is 23.6 Å². The van der Waals surface area contributed by atoms with Crippen LogP contribution in [0.3, 0.4) is 0 Å². The molecule has 0 bridgehead atoms. The molecule has 0 aliphatic carbocycles. The number of hydrogen-bond donors (Lipinski definition) is 2. The van der Waals surface area contributed by atoms with Gasteiger partial charge in [-0.15, -0.1) is 0 Å². The zero-order valence-electron chi connectivity index (χ0n) is 14.8. The van der Waals surface area contributed by atoms with E-state index >= 15 is 0 Å². The van der Waals surface area contributed by atoms with Crippen LogP contribution >= 0.6 is 0 Å². The van der Waals surface area contributed by atoms with E-state index in [9.17, 15) is 18.4 Å². The summed E-state index contributed by atoms with van der Waals surface area (Å²) >= 11 is 0. The van der Waals surface area contributed by atoms with Gasteiger partial charge in [0.1, 0.15) is 5.69 Å². The van der Waals surface area contributed by atoms with Gasteiger partial charge in [-0.05, 0) is 23.8 Å². The fraction of sp³-hybridized carbons (Fsp3) is 0.278. The third kappa shape index (κ3) is 4.17. The summed E-state index contributed by atoms with van der Waals surface area (Å²) in [7, 11) is 0. The lowest BCUT2D eigenvalue weighted by Gasteiger charge is -2.36. The molecule has 1 aromatic carbocycles. The molecule has 28 heavy (non-hydrogen) atoms. The largest absolute Gasteiger partial charge is 0.367 e. The van der Waals surface area contributed by atoms with Gasteiger partial charge in [0, 0.05) is 44.1 Å². The zero-order valence-corrected chi connectivity index (χ0v) is 14.8. The predicted molar refractivity (Wildman–Crippen MR) is 97.0 cm³/mol. The van der Waals surface area contributed by atoms with Gasteiger partial charge in [0.2, 0.25) is 0 Å². The molecule has 0 atom stereocenters. The van der Waals surface area contributed by atoms with Crippen molar-refractivity contribution in [3.63, 3.8) is 0 Å². The molecule has 2 aromatic rings. The number of nitrogens with zero attached hydrogens (tertiary/aromatic N) is 4. The average molecular weight is 391 g/mol. The molecule has 1 aliphatic rings. The van der Waals surface area contributed by atoms with Crippen molar-refractivity contribution >= 4 is 23.6 Å². The highest BCUT2D eigenvalue weighted by Crippen LogP contribution is 2.24. The molecule has 10 heteroatoms. The predicted octanol–water partition coefficient (Wildman–Crippen LogP) is 1.76. The molecule has 2 heterocycles. The van der Waals surface area contributed by atoms with Crippen molar-refractivity contribution in [3.05, 3.63) is 53.9 Å². The molecule has 0 spiro atoms. The zero-order chi connectivity index (χ0) is 20.1. The quantitative estimate of drug-likeness (QED) is 0.461. The molecular weight excluding hydrogens is 372 g/mol. The Balaban J connectivity index is 1.69. The number of rotatable bonds is 5. The van der Waals surface area contributed by atoms with Gasteiger partial charge < -0.3 is 9.80 Å². The number of halogens is 2. The monoisotopic (exact) mass is 391 g/mol. The van der Waals surface area contributed by atoms with E-state index in [1.807, 2.05) is 29.2 Å². The van der Waals surface area contributed by atoms with Gasteiger partial charge in [-0.25, -0.2) is 5.48 Å². The minimum atomic E-state index is -2.87. The van der Waals surface area contributed by atoms with E-state index in [-0.39, 0.29) is 5.69 Å². The summed E-state index contributed by atoms with van der Waals surface area (Å²) < 4.78 is 26.3. The van der Waals surface area contributed by atoms with Crippen LogP contribution in [0.25, 0.3) is 6.08 Å². The Morgan fingerprint density at radius 1 is 1.14 bits per heavy atom. The first-order valence-corrected chi connectivity index (χ1v) is 8.58. The normalized spacial score (nSPS) is 14.7. The number of amides is 2. The minimum Gasteiger partial charge on any atom is -0.367 e. The van der Waals surface area contributed by atoms with Gasteiger partial charge in [-0.1, -0.05) is 18.2 Å². The summed E-state index contributed by atoms with van der Waals surface area (Å²) in [6.45, 7) is -1.13. The maximum atomic E-state index is 12.9. The van der Waals surface area contributed by atoms with E-state index in [1.165, 1.54) is 28.7 Å². The van der Waals surface area contributed by atoms with E-state index in [0.717, 1.165) is 11.3 Å². The molecule has 0 unspecified atom stereocenters. The Labute approximate surface area is 159 Å². The average Bonchev–Trinajstić information content (AvgIpc) is 3.22. The number of anilines is 1. The molecule has 1 aromatic heterocycles. The number of aromatic nitrogens is 2. The number of carbonyl (C=O) groups excluding carboxylic acids is 2. The second-order valence-electron chi connectivity index (χ2n) is 6.09. The third-order valence-corrected chi connectivity index (χ3v) is 4.44. The van der Waals surface area contributed by atoms with Gasteiger partial charge in [-0.2, -0.15) is 18.6 Å². The molecule has 1 fully saturated rings. The number of hydrogen-bond acceptors (Lipinski definition) is 5. The van der Waals surface area contributed by atoms with E-state index < -0.39 is 18.4 Å². The van der Waals surface area contributed by atoms with Gasteiger partial charge >= 0.3 is 6.55 Å². The van der Waals surface area contributed by atoms with Crippen LogP contribution in [0.15, 0.2) is 42.6 Å². The van der Waals surface area contributed by atoms with Crippen molar-refractivity contribution in [2.45, 2.75) is 6.55 Å². The fourth-order valence-corrected chi connectivity index (χ4v) is 3.07. The second-order valence-corrected chi connectivity index (χ2v) is 6.09. The minimum absolute atomic E-state index is 0.137. The molecule has 1 saturated heterocycles. The molecule has 0 radical (unpaired) electrons. The Bertz CT molecular complexity index is 876. The standard InChI is InChI=1S/C18H19F2N5O3/c19-18(20)25-15(7-8-21-25)17(27)24-11-9-23(10-12-24)14-4-2-1-3-13(14)5-6-16(26)22-28/h1-8,18,28H,9-12H2,(H,22,26). The van der Waals surface area contributed by atoms with Gasteiger partial charge in [-0.3, -0.25) is 14.8 Å². The van der Waals surface area contributed by atoms with E-state index in [0.29, 0.717) is 30.9 Å². The van der Waals surface area contributed by atoms with Crippen LogP contribution in [0.1, 0.15) is 22.6 Å². The summed E-state index contributed by atoms with van der Waals surface area (Å²) in [6.07, 6.45) is 3.98. The Kier molecular flexibility index (Phi) is 5.99. The van der Waals surface area contributed by atoms with Gasteiger partial charge in [0.05, 0.1) is 0 Å². The highest BCUT2D eigenvalue weighted by atomic mass is 19.3. The second kappa shape index (κ2) is 8.61. The van der Waals surface area contributed by atoms with Gasteiger partial charge in [0.15, 0.2) is 0 Å². The first-order valence-electron chi connectivity index (χ1n) is 8.58. The van der Waals surface area contributed by atoms with Crippen molar-refractivity contribution in [2.24, 2.45) is 0 Å². The number of para-hydroxylation sites is 1. The fourth-order valence-electron chi connectivity index (χ4n) is 3.07. The molecule has 148 valence electrons. The Hall–Kier alpha value is -3.27. The Morgan fingerprint density at radius 2 is 1.86 bits per heavy atom. The SMILES string of the molecule is O=C(C=Cc1ccccc1N1CCN(C(=O)c2ccnn2C(F)F)CC1)NO. The number of nitrogens with one attached hydrogen (secondary N) is 1. The summed E-state index contributed by atoms with van der Waals surface area (Å²) in [4.78, 5) is 27.3. The smallest absolute Gasteiger partial charge is 0.333 e. The van der Waals surface area contributed by atoms with Crippen LogP contribution < -0.4 is 10.4 Å². The molecular formula is C18H19F2N5O3. The lowest BCUT2D eigenvalue weighted by molar-refractivity contribution is -0.124. The van der Waals surface area contributed by atoms with E-state index in [2.05, 4.69) is 5.10 Å².